The molecule has 5 nitrogen and oxygen atoms in total. The lowest BCUT2D eigenvalue weighted by Gasteiger charge is -2.40. The molecule has 0 atom stereocenters. The molecule has 1 aliphatic heterocycles. The Labute approximate surface area is 139 Å². The summed E-state index contributed by atoms with van der Waals surface area (Å²) in [4.78, 5) is 24.2. The predicted molar refractivity (Wildman–Crippen MR) is 86.7 cm³/mol. The first-order valence-corrected chi connectivity index (χ1v) is 8.63. The summed E-state index contributed by atoms with van der Waals surface area (Å²) in [5.41, 5.74) is 0.608. The number of Topliss-reactive ketones (excluding diaryl/α,β-unsaturated/α-hetero) is 1. The van der Waals surface area contributed by atoms with Gasteiger partial charge >= 0.3 is 5.97 Å². The normalized spacial score (nSPS) is 19.3. The Bertz CT molecular complexity index is 634. The van der Waals surface area contributed by atoms with Gasteiger partial charge in [-0.1, -0.05) is 19.3 Å². The zero-order chi connectivity index (χ0) is 16.4. The number of ketones is 1. The van der Waals surface area contributed by atoms with Crippen LogP contribution in [0.2, 0.25) is 0 Å². The second-order valence-electron chi connectivity index (χ2n) is 6.13. The van der Waals surface area contributed by atoms with E-state index in [-0.39, 0.29) is 10.5 Å². The van der Waals surface area contributed by atoms with E-state index < -0.39 is 12.6 Å². The zero-order valence-electron chi connectivity index (χ0n) is 13.1. The van der Waals surface area contributed by atoms with Crippen molar-refractivity contribution >= 4 is 23.5 Å². The van der Waals surface area contributed by atoms with Gasteiger partial charge in [0.05, 0.1) is 12.7 Å². The van der Waals surface area contributed by atoms with E-state index in [1.54, 1.807) is 23.9 Å². The molecule has 0 aromatic heterocycles. The molecule has 0 amide bonds. The third kappa shape index (κ3) is 3.32. The van der Waals surface area contributed by atoms with Gasteiger partial charge in [-0.15, -0.1) is 11.8 Å². The Morgan fingerprint density at radius 2 is 2.04 bits per heavy atom. The highest BCUT2D eigenvalue weighted by Gasteiger charge is 2.41. The smallest absolute Gasteiger partial charge is 0.341 e. The van der Waals surface area contributed by atoms with Crippen LogP contribution < -0.4 is 9.47 Å². The van der Waals surface area contributed by atoms with Gasteiger partial charge in [-0.05, 0) is 18.9 Å². The molecule has 1 heterocycles. The highest BCUT2D eigenvalue weighted by molar-refractivity contribution is 8.01. The number of carbonyl (C=O) groups excluding carboxylic acids is 1. The first-order valence-electron chi connectivity index (χ1n) is 7.82. The first kappa shape index (κ1) is 16.2. The van der Waals surface area contributed by atoms with Crippen molar-refractivity contribution in [3.8, 4) is 11.5 Å². The molecule has 0 bridgehead atoms. The van der Waals surface area contributed by atoms with E-state index in [0.29, 0.717) is 23.5 Å². The van der Waals surface area contributed by atoms with Crippen molar-refractivity contribution < 1.29 is 24.2 Å². The Kier molecular flexibility index (Phi) is 4.53. The second kappa shape index (κ2) is 6.43. The van der Waals surface area contributed by atoms with E-state index in [4.69, 9.17) is 14.6 Å². The predicted octanol–water partition coefficient (Wildman–Crippen LogP) is 3.54. The molecule has 2 aliphatic rings. The van der Waals surface area contributed by atoms with E-state index in [1.165, 1.54) is 13.5 Å². The van der Waals surface area contributed by atoms with Crippen molar-refractivity contribution in [3.63, 3.8) is 0 Å². The van der Waals surface area contributed by atoms with Crippen LogP contribution in [0.4, 0.5) is 0 Å². The number of rotatable bonds is 4. The number of ether oxygens (including phenoxy) is 2. The van der Waals surface area contributed by atoms with Crippen LogP contribution in [-0.2, 0) is 4.79 Å². The molecule has 1 saturated carbocycles. The number of methoxy groups -OCH3 is 1. The summed E-state index contributed by atoms with van der Waals surface area (Å²) in [6, 6.07) is 3.37. The number of fused-ring (bicyclic) bond motifs is 1. The minimum atomic E-state index is -1.03. The van der Waals surface area contributed by atoms with E-state index in [0.717, 1.165) is 30.6 Å². The molecule has 23 heavy (non-hydrogen) atoms. The molecule has 1 aromatic carbocycles. The maximum absolute atomic E-state index is 12.7. The van der Waals surface area contributed by atoms with Crippen LogP contribution in [0.3, 0.4) is 0 Å². The summed E-state index contributed by atoms with van der Waals surface area (Å²) in [6.07, 6.45) is 6.19. The molecule has 1 aliphatic carbocycles. The van der Waals surface area contributed by atoms with Gasteiger partial charge in [-0.3, -0.25) is 4.79 Å². The van der Waals surface area contributed by atoms with Gasteiger partial charge in [0.25, 0.3) is 0 Å². The molecule has 0 radical (unpaired) electrons. The SMILES string of the molecule is COc1cc(OCC(=O)O)cc2c1C(=O)CC1(CCCCC1)S2. The van der Waals surface area contributed by atoms with Crippen LogP contribution in [0.5, 0.6) is 11.5 Å². The average Bonchev–Trinajstić information content (AvgIpc) is 2.52. The number of carbonyl (C=O) groups is 2. The van der Waals surface area contributed by atoms with Gasteiger partial charge < -0.3 is 14.6 Å². The largest absolute Gasteiger partial charge is 0.496 e. The van der Waals surface area contributed by atoms with Gasteiger partial charge in [0.15, 0.2) is 12.4 Å². The fraction of sp³-hybridized carbons (Fsp3) is 0.529. The molecule has 6 heteroatoms. The quantitative estimate of drug-likeness (QED) is 0.906. The lowest BCUT2D eigenvalue weighted by atomic mass is 9.83. The third-order valence-corrected chi connectivity index (χ3v) is 6.00. The molecule has 1 fully saturated rings. The third-order valence-electron chi connectivity index (χ3n) is 4.47. The number of benzene rings is 1. The summed E-state index contributed by atoms with van der Waals surface area (Å²) < 4.78 is 10.6. The Morgan fingerprint density at radius 1 is 1.30 bits per heavy atom. The zero-order valence-corrected chi connectivity index (χ0v) is 13.9. The van der Waals surface area contributed by atoms with Crippen molar-refractivity contribution in [2.24, 2.45) is 0 Å². The summed E-state index contributed by atoms with van der Waals surface area (Å²) >= 11 is 1.73. The maximum Gasteiger partial charge on any atom is 0.341 e. The fourth-order valence-electron chi connectivity index (χ4n) is 3.44. The molecule has 3 rings (SSSR count). The summed E-state index contributed by atoms with van der Waals surface area (Å²) in [5, 5.41) is 8.76. The number of hydrogen-bond acceptors (Lipinski definition) is 5. The van der Waals surface area contributed by atoms with Crippen LogP contribution in [0.25, 0.3) is 0 Å². The number of carboxylic acids is 1. The van der Waals surface area contributed by atoms with Crippen LogP contribution in [0, 0.1) is 0 Å². The number of carboxylic acid groups (broad SMARTS) is 1. The van der Waals surface area contributed by atoms with Gasteiger partial charge in [0.1, 0.15) is 11.5 Å². The van der Waals surface area contributed by atoms with Crippen molar-refractivity contribution in [2.75, 3.05) is 13.7 Å². The topological polar surface area (TPSA) is 72.8 Å². The van der Waals surface area contributed by atoms with Crippen molar-refractivity contribution in [3.05, 3.63) is 17.7 Å². The molecule has 0 unspecified atom stereocenters. The van der Waals surface area contributed by atoms with E-state index >= 15 is 0 Å². The summed E-state index contributed by atoms with van der Waals surface area (Å²) in [6.45, 7) is -0.411. The van der Waals surface area contributed by atoms with Gasteiger partial charge in [-0.25, -0.2) is 4.79 Å². The lowest BCUT2D eigenvalue weighted by Crippen LogP contribution is -2.34. The minimum absolute atomic E-state index is 0.0151. The average molecular weight is 336 g/mol. The minimum Gasteiger partial charge on any atom is -0.496 e. The molecular formula is C17H20O5S. The highest BCUT2D eigenvalue weighted by Crippen LogP contribution is 2.53. The Balaban J connectivity index is 1.95. The summed E-state index contributed by atoms with van der Waals surface area (Å²) in [7, 11) is 1.51. The fourth-order valence-corrected chi connectivity index (χ4v) is 5.09. The van der Waals surface area contributed by atoms with Gasteiger partial charge in [0.2, 0.25) is 0 Å². The number of aliphatic carboxylic acids is 1. The second-order valence-corrected chi connectivity index (χ2v) is 7.64. The Morgan fingerprint density at radius 3 is 2.70 bits per heavy atom. The molecular weight excluding hydrogens is 316 g/mol. The van der Waals surface area contributed by atoms with Crippen molar-refractivity contribution in [1.82, 2.24) is 0 Å². The summed E-state index contributed by atoms with van der Waals surface area (Å²) in [5.74, 6) is -0.0290. The first-order chi connectivity index (χ1) is 11.0. The number of hydrogen-bond donors (Lipinski definition) is 1. The van der Waals surface area contributed by atoms with E-state index in [9.17, 15) is 9.59 Å². The molecule has 1 aromatic rings. The van der Waals surface area contributed by atoms with E-state index in [1.807, 2.05) is 0 Å². The van der Waals surface area contributed by atoms with Crippen LogP contribution >= 0.6 is 11.8 Å². The molecule has 1 N–H and O–H groups in total. The molecule has 124 valence electrons. The van der Waals surface area contributed by atoms with Crippen LogP contribution in [0.1, 0.15) is 48.9 Å². The standard InChI is InChI=1S/C17H20O5S/c1-21-13-7-11(22-10-15(19)20)8-14-16(13)12(18)9-17(23-14)5-3-2-4-6-17/h7-8H,2-6,9-10H2,1H3,(H,19,20). The van der Waals surface area contributed by atoms with E-state index in [2.05, 4.69) is 0 Å². The van der Waals surface area contributed by atoms with Crippen LogP contribution in [0.15, 0.2) is 17.0 Å². The van der Waals surface area contributed by atoms with Crippen molar-refractivity contribution in [1.29, 1.82) is 0 Å². The maximum atomic E-state index is 12.7. The van der Waals surface area contributed by atoms with Crippen molar-refractivity contribution in [2.45, 2.75) is 48.2 Å². The van der Waals surface area contributed by atoms with Crippen LogP contribution in [-0.4, -0.2) is 35.3 Å². The lowest BCUT2D eigenvalue weighted by molar-refractivity contribution is -0.139. The Hall–Kier alpha value is -1.69. The molecule has 0 saturated heterocycles. The molecule has 1 spiro atoms. The van der Waals surface area contributed by atoms with Gasteiger partial charge in [0, 0.05) is 22.1 Å². The highest BCUT2D eigenvalue weighted by atomic mass is 32.2. The monoisotopic (exact) mass is 336 g/mol. The number of thioether (sulfide) groups is 1. The van der Waals surface area contributed by atoms with Gasteiger partial charge in [-0.2, -0.15) is 0 Å².